The summed E-state index contributed by atoms with van der Waals surface area (Å²) < 4.78 is 1.69. The van der Waals surface area contributed by atoms with Crippen LogP contribution in [0.15, 0.2) is 78.9 Å². The summed E-state index contributed by atoms with van der Waals surface area (Å²) in [6, 6.07) is 24.9. The summed E-state index contributed by atoms with van der Waals surface area (Å²) in [7, 11) is 0. The smallest absolute Gasteiger partial charge is 0.228 e. The van der Waals surface area contributed by atoms with Crippen molar-refractivity contribution in [2.45, 2.75) is 6.92 Å². The van der Waals surface area contributed by atoms with Crippen molar-refractivity contribution in [3.63, 3.8) is 0 Å². The molecular weight excluding hydrogens is 310 g/mol. The van der Waals surface area contributed by atoms with Crippen LogP contribution < -0.4 is 0 Å². The lowest BCUT2D eigenvalue weighted by molar-refractivity contribution is 0.0943. The van der Waals surface area contributed by atoms with E-state index >= 15 is 0 Å². The molecule has 0 bridgehead atoms. The van der Waals surface area contributed by atoms with Gasteiger partial charge in [0.2, 0.25) is 5.91 Å². The summed E-state index contributed by atoms with van der Waals surface area (Å²) in [6.07, 6.45) is 0. The Morgan fingerprint density at radius 3 is 2.20 bits per heavy atom. The van der Waals surface area contributed by atoms with E-state index in [9.17, 15) is 9.90 Å². The van der Waals surface area contributed by atoms with Crippen molar-refractivity contribution in [3.05, 3.63) is 78.9 Å². The van der Waals surface area contributed by atoms with Gasteiger partial charge in [0, 0.05) is 23.4 Å². The average molecular weight is 327 g/mol. The van der Waals surface area contributed by atoms with Crippen molar-refractivity contribution >= 4 is 16.8 Å². The summed E-state index contributed by atoms with van der Waals surface area (Å²) in [4.78, 5) is 12.5. The van der Waals surface area contributed by atoms with Crippen molar-refractivity contribution in [3.8, 4) is 28.1 Å². The summed E-state index contributed by atoms with van der Waals surface area (Å²) >= 11 is 0. The highest BCUT2D eigenvalue weighted by Gasteiger charge is 2.23. The van der Waals surface area contributed by atoms with Crippen LogP contribution in [0.2, 0.25) is 0 Å². The predicted octanol–water partition coefficient (Wildman–Crippen LogP) is 5.34. The standard InChI is InChI=1S/C22H17NO2/c1-15(24)23-19-13-7-5-11-17(19)21(16-9-3-2-4-10-16)22(23)18-12-6-8-14-20(18)25/h2-14,25H,1H3. The van der Waals surface area contributed by atoms with Crippen LogP contribution in [0, 0.1) is 0 Å². The van der Waals surface area contributed by atoms with Crippen LogP contribution in [0.25, 0.3) is 33.3 Å². The zero-order valence-corrected chi connectivity index (χ0v) is 13.8. The highest BCUT2D eigenvalue weighted by Crippen LogP contribution is 2.43. The number of aromatic hydroxyl groups is 1. The summed E-state index contributed by atoms with van der Waals surface area (Å²) in [5, 5.41) is 11.4. The molecule has 1 N–H and O–H groups in total. The van der Waals surface area contributed by atoms with E-state index in [0.717, 1.165) is 27.7 Å². The topological polar surface area (TPSA) is 42.2 Å². The van der Waals surface area contributed by atoms with E-state index in [1.165, 1.54) is 0 Å². The quantitative estimate of drug-likeness (QED) is 0.540. The van der Waals surface area contributed by atoms with Gasteiger partial charge >= 0.3 is 0 Å². The van der Waals surface area contributed by atoms with Crippen molar-refractivity contribution in [2.24, 2.45) is 0 Å². The number of benzene rings is 3. The molecule has 122 valence electrons. The van der Waals surface area contributed by atoms with Gasteiger partial charge in [0.15, 0.2) is 0 Å². The number of rotatable bonds is 2. The van der Waals surface area contributed by atoms with Crippen LogP contribution in [0.4, 0.5) is 0 Å². The first kappa shape index (κ1) is 15.2. The second kappa shape index (κ2) is 5.95. The van der Waals surface area contributed by atoms with Gasteiger partial charge in [-0.15, -0.1) is 0 Å². The zero-order chi connectivity index (χ0) is 17.4. The molecule has 0 aliphatic heterocycles. The normalized spacial score (nSPS) is 10.9. The molecule has 4 rings (SSSR count). The number of aromatic nitrogens is 1. The molecule has 1 aromatic heterocycles. The molecule has 0 atom stereocenters. The maximum atomic E-state index is 12.5. The molecule has 0 radical (unpaired) electrons. The molecule has 3 heteroatoms. The zero-order valence-electron chi connectivity index (χ0n) is 13.8. The largest absolute Gasteiger partial charge is 0.507 e. The fraction of sp³-hybridized carbons (Fsp3) is 0.0455. The summed E-state index contributed by atoms with van der Waals surface area (Å²) in [5.74, 6) is 0.0709. The second-order valence-electron chi connectivity index (χ2n) is 5.98. The van der Waals surface area contributed by atoms with Crippen LogP contribution >= 0.6 is 0 Å². The van der Waals surface area contributed by atoms with Gasteiger partial charge in [-0.3, -0.25) is 9.36 Å². The fourth-order valence-corrected chi connectivity index (χ4v) is 3.39. The van der Waals surface area contributed by atoms with Crippen LogP contribution in [0.3, 0.4) is 0 Å². The fourth-order valence-electron chi connectivity index (χ4n) is 3.39. The van der Waals surface area contributed by atoms with Crippen LogP contribution in [0.5, 0.6) is 5.75 Å². The first-order chi connectivity index (χ1) is 12.2. The molecule has 0 unspecified atom stereocenters. The van der Waals surface area contributed by atoms with Crippen LogP contribution in [0.1, 0.15) is 11.7 Å². The molecule has 3 aromatic carbocycles. The number of carbonyl (C=O) groups excluding carboxylic acids is 1. The van der Waals surface area contributed by atoms with E-state index in [0.29, 0.717) is 5.56 Å². The van der Waals surface area contributed by atoms with E-state index in [1.807, 2.05) is 66.7 Å². The number of hydrogen-bond donors (Lipinski definition) is 1. The Hall–Kier alpha value is -3.33. The van der Waals surface area contributed by atoms with Crippen LogP contribution in [-0.2, 0) is 0 Å². The minimum Gasteiger partial charge on any atom is -0.507 e. The summed E-state index contributed by atoms with van der Waals surface area (Å²) in [5.41, 5.74) is 4.17. The molecule has 0 aliphatic rings. The van der Waals surface area contributed by atoms with Gasteiger partial charge in [-0.2, -0.15) is 0 Å². The predicted molar refractivity (Wildman–Crippen MR) is 101 cm³/mol. The van der Waals surface area contributed by atoms with Gasteiger partial charge in [0.1, 0.15) is 5.75 Å². The lowest BCUT2D eigenvalue weighted by atomic mass is 9.98. The number of nitrogens with zero attached hydrogens (tertiary/aromatic N) is 1. The molecule has 0 fully saturated rings. The van der Waals surface area contributed by atoms with Gasteiger partial charge in [-0.1, -0.05) is 60.7 Å². The summed E-state index contributed by atoms with van der Waals surface area (Å²) in [6.45, 7) is 1.55. The number of hydrogen-bond acceptors (Lipinski definition) is 2. The molecule has 0 spiro atoms. The maximum absolute atomic E-state index is 12.5. The Balaban J connectivity index is 2.22. The van der Waals surface area contributed by atoms with Gasteiger partial charge in [0.25, 0.3) is 0 Å². The number of para-hydroxylation sites is 2. The Kier molecular flexibility index (Phi) is 3.62. The van der Waals surface area contributed by atoms with E-state index < -0.39 is 0 Å². The highest BCUT2D eigenvalue weighted by atomic mass is 16.3. The lowest BCUT2D eigenvalue weighted by Gasteiger charge is -2.11. The molecule has 3 nitrogen and oxygen atoms in total. The Bertz CT molecular complexity index is 1080. The first-order valence-electron chi connectivity index (χ1n) is 8.16. The van der Waals surface area contributed by atoms with Gasteiger partial charge < -0.3 is 5.11 Å². The number of fused-ring (bicyclic) bond motifs is 1. The first-order valence-corrected chi connectivity index (χ1v) is 8.16. The SMILES string of the molecule is CC(=O)n1c(-c2ccccc2O)c(-c2ccccc2)c2ccccc21. The molecule has 25 heavy (non-hydrogen) atoms. The van der Waals surface area contributed by atoms with Gasteiger partial charge in [0.05, 0.1) is 11.2 Å². The Labute approximate surface area is 145 Å². The number of carbonyl (C=O) groups is 1. The average Bonchev–Trinajstić information content (AvgIpc) is 2.98. The molecule has 1 heterocycles. The van der Waals surface area contributed by atoms with Gasteiger partial charge in [-0.25, -0.2) is 0 Å². The minimum atomic E-state index is -0.0864. The molecule has 4 aromatic rings. The Morgan fingerprint density at radius 1 is 0.840 bits per heavy atom. The number of phenols is 1. The van der Waals surface area contributed by atoms with Crippen molar-refractivity contribution < 1.29 is 9.90 Å². The lowest BCUT2D eigenvalue weighted by Crippen LogP contribution is -2.07. The van der Waals surface area contributed by atoms with Crippen LogP contribution in [-0.4, -0.2) is 15.6 Å². The second-order valence-corrected chi connectivity index (χ2v) is 5.98. The molecule has 0 saturated heterocycles. The van der Waals surface area contributed by atoms with Gasteiger partial charge in [-0.05, 0) is 23.8 Å². The third kappa shape index (κ3) is 2.41. The molecule has 0 saturated carbocycles. The third-order valence-electron chi connectivity index (χ3n) is 4.41. The monoisotopic (exact) mass is 327 g/mol. The van der Waals surface area contributed by atoms with E-state index in [4.69, 9.17) is 0 Å². The highest BCUT2D eigenvalue weighted by molar-refractivity contribution is 6.10. The van der Waals surface area contributed by atoms with E-state index in [1.54, 1.807) is 23.6 Å². The van der Waals surface area contributed by atoms with E-state index in [2.05, 4.69) is 0 Å². The molecule has 0 amide bonds. The Morgan fingerprint density at radius 2 is 1.48 bits per heavy atom. The van der Waals surface area contributed by atoms with Crippen molar-refractivity contribution in [1.29, 1.82) is 0 Å². The molecular formula is C22H17NO2. The third-order valence-corrected chi connectivity index (χ3v) is 4.41. The number of phenolic OH excluding ortho intramolecular Hbond substituents is 1. The molecule has 0 aliphatic carbocycles. The van der Waals surface area contributed by atoms with Crippen molar-refractivity contribution in [1.82, 2.24) is 4.57 Å². The van der Waals surface area contributed by atoms with E-state index in [-0.39, 0.29) is 11.7 Å². The van der Waals surface area contributed by atoms with Crippen molar-refractivity contribution in [2.75, 3.05) is 0 Å². The minimum absolute atomic E-state index is 0.0864. The maximum Gasteiger partial charge on any atom is 0.228 e.